The quantitative estimate of drug-likeness (QED) is 0.428. The molecule has 0 aliphatic carbocycles. The summed E-state index contributed by atoms with van der Waals surface area (Å²) in [5, 5.41) is 30.4. The van der Waals surface area contributed by atoms with Crippen LogP contribution in [0.15, 0.2) is 11.1 Å². The highest BCUT2D eigenvalue weighted by molar-refractivity contribution is 5.71. The molecule has 3 heterocycles. The predicted molar refractivity (Wildman–Crippen MR) is 80.5 cm³/mol. The van der Waals surface area contributed by atoms with Crippen LogP contribution in [0, 0.1) is 0 Å². The third-order valence-electron chi connectivity index (χ3n) is 3.76. The van der Waals surface area contributed by atoms with Gasteiger partial charge in [0.2, 0.25) is 5.95 Å². The average Bonchev–Trinajstić information content (AvgIpc) is 3.10. The lowest BCUT2D eigenvalue weighted by Crippen LogP contribution is -2.24. The maximum atomic E-state index is 12.1. The third-order valence-corrected chi connectivity index (χ3v) is 3.76. The van der Waals surface area contributed by atoms with Crippen molar-refractivity contribution in [3.05, 3.63) is 16.7 Å². The lowest BCUT2D eigenvalue weighted by molar-refractivity contribution is -0.136. The molecule has 0 bridgehead atoms. The molecule has 0 saturated carbocycles. The fraction of sp³-hybridized carbons (Fsp3) is 0.538. The number of hydrogen-bond acceptors (Lipinski definition) is 8. The number of nitrogens with one attached hydrogen (secondary N) is 2. The molecule has 2 aromatic rings. The molecule has 24 heavy (non-hydrogen) atoms. The third kappa shape index (κ3) is 3.09. The number of nitrogens with zero attached hydrogens (tertiary/aromatic N) is 3. The van der Waals surface area contributed by atoms with Crippen LogP contribution in [-0.2, 0) is 9.53 Å². The second-order valence-electron chi connectivity index (χ2n) is 5.42. The van der Waals surface area contributed by atoms with Crippen molar-refractivity contribution in [2.75, 3.05) is 18.5 Å². The van der Waals surface area contributed by atoms with Crippen molar-refractivity contribution in [3.63, 3.8) is 0 Å². The van der Waals surface area contributed by atoms with E-state index in [1.807, 2.05) is 0 Å². The molecule has 5 N–H and O–H groups in total. The maximum absolute atomic E-state index is 12.1. The van der Waals surface area contributed by atoms with Crippen LogP contribution in [0.1, 0.15) is 19.1 Å². The number of aliphatic hydroxyl groups is 2. The van der Waals surface area contributed by atoms with E-state index in [0.717, 1.165) is 0 Å². The van der Waals surface area contributed by atoms with Crippen molar-refractivity contribution in [3.8, 4) is 0 Å². The van der Waals surface area contributed by atoms with Gasteiger partial charge in [-0.3, -0.25) is 19.1 Å². The fourth-order valence-corrected chi connectivity index (χ4v) is 2.56. The monoisotopic (exact) mass is 339 g/mol. The minimum atomic E-state index is -0.973. The minimum absolute atomic E-state index is 0.100. The van der Waals surface area contributed by atoms with Gasteiger partial charge in [0.15, 0.2) is 11.2 Å². The van der Waals surface area contributed by atoms with Gasteiger partial charge >= 0.3 is 5.97 Å². The van der Waals surface area contributed by atoms with E-state index in [4.69, 9.17) is 14.9 Å². The molecule has 0 radical (unpaired) electrons. The molecular weight excluding hydrogens is 322 g/mol. The highest BCUT2D eigenvalue weighted by Gasteiger charge is 2.35. The zero-order chi connectivity index (χ0) is 17.3. The van der Waals surface area contributed by atoms with Gasteiger partial charge in [-0.25, -0.2) is 4.98 Å². The van der Waals surface area contributed by atoms with Crippen molar-refractivity contribution in [2.24, 2.45) is 0 Å². The number of anilines is 1. The summed E-state index contributed by atoms with van der Waals surface area (Å²) in [6.45, 7) is -0.219. The topological polar surface area (TPSA) is 163 Å². The second kappa shape index (κ2) is 6.55. The molecule has 130 valence electrons. The summed E-state index contributed by atoms with van der Waals surface area (Å²) in [6, 6.07) is 0. The first-order chi connectivity index (χ1) is 11.5. The van der Waals surface area contributed by atoms with E-state index in [-0.39, 0.29) is 43.1 Å². The van der Waals surface area contributed by atoms with E-state index in [1.165, 1.54) is 10.9 Å². The number of carboxylic acids is 1. The Morgan fingerprint density at radius 1 is 1.54 bits per heavy atom. The summed E-state index contributed by atoms with van der Waals surface area (Å²) in [5.41, 5.74) is -0.134. The van der Waals surface area contributed by atoms with Crippen LogP contribution in [0.2, 0.25) is 0 Å². The van der Waals surface area contributed by atoms with E-state index in [0.29, 0.717) is 0 Å². The summed E-state index contributed by atoms with van der Waals surface area (Å²) in [6.07, 6.45) is -0.659. The molecule has 3 unspecified atom stereocenters. The molecule has 0 amide bonds. The van der Waals surface area contributed by atoms with Crippen molar-refractivity contribution >= 4 is 23.1 Å². The normalized spacial score (nSPS) is 23.7. The van der Waals surface area contributed by atoms with Gasteiger partial charge in [-0.05, 0) is 0 Å². The first-order valence-electron chi connectivity index (χ1n) is 7.36. The van der Waals surface area contributed by atoms with Crippen molar-refractivity contribution in [1.82, 2.24) is 19.5 Å². The molecular formula is C13H17N5O6. The SMILES string of the molecule is O=C(O)CCNc1nc2c(ncn2C2CC(O)C(CO)O2)c(=O)[nH]1. The Morgan fingerprint density at radius 3 is 3.00 bits per heavy atom. The molecule has 1 aliphatic rings. The minimum Gasteiger partial charge on any atom is -0.481 e. The first kappa shape index (κ1) is 16.4. The molecule has 1 saturated heterocycles. The smallest absolute Gasteiger partial charge is 0.305 e. The van der Waals surface area contributed by atoms with Crippen LogP contribution in [0.25, 0.3) is 11.2 Å². The Bertz CT molecular complexity index is 802. The number of aromatic amines is 1. The van der Waals surface area contributed by atoms with Gasteiger partial charge in [0.1, 0.15) is 12.3 Å². The van der Waals surface area contributed by atoms with Gasteiger partial charge in [-0.2, -0.15) is 4.98 Å². The van der Waals surface area contributed by atoms with E-state index in [2.05, 4.69) is 20.3 Å². The number of H-pyrrole nitrogens is 1. The largest absolute Gasteiger partial charge is 0.481 e. The summed E-state index contributed by atoms with van der Waals surface area (Å²) in [4.78, 5) is 33.3. The molecule has 1 aliphatic heterocycles. The zero-order valence-electron chi connectivity index (χ0n) is 12.5. The predicted octanol–water partition coefficient (Wildman–Crippen LogP) is -1.35. The number of hydrogen-bond donors (Lipinski definition) is 5. The number of carbonyl (C=O) groups is 1. The number of imidazole rings is 1. The van der Waals surface area contributed by atoms with Gasteiger partial charge in [0.05, 0.1) is 25.5 Å². The summed E-state index contributed by atoms with van der Waals surface area (Å²) in [5.74, 6) is -0.855. The summed E-state index contributed by atoms with van der Waals surface area (Å²) < 4.78 is 7.05. The fourth-order valence-electron chi connectivity index (χ4n) is 2.56. The number of aliphatic carboxylic acids is 1. The molecule has 11 nitrogen and oxygen atoms in total. The van der Waals surface area contributed by atoms with Gasteiger partial charge in [0, 0.05) is 13.0 Å². The van der Waals surface area contributed by atoms with E-state index < -0.39 is 30.0 Å². The zero-order valence-corrected chi connectivity index (χ0v) is 12.5. The van der Waals surface area contributed by atoms with E-state index in [9.17, 15) is 14.7 Å². The van der Waals surface area contributed by atoms with Crippen molar-refractivity contribution < 1.29 is 24.9 Å². The lowest BCUT2D eigenvalue weighted by Gasteiger charge is -2.13. The number of carboxylic acid groups (broad SMARTS) is 1. The lowest BCUT2D eigenvalue weighted by atomic mass is 10.2. The molecule has 1 fully saturated rings. The van der Waals surface area contributed by atoms with E-state index in [1.54, 1.807) is 0 Å². The number of rotatable bonds is 6. The number of ether oxygens (including phenoxy) is 1. The van der Waals surface area contributed by atoms with Crippen LogP contribution < -0.4 is 10.9 Å². The molecule has 2 aromatic heterocycles. The molecule has 0 aromatic carbocycles. The molecule has 0 spiro atoms. The van der Waals surface area contributed by atoms with Crippen LogP contribution in [0.4, 0.5) is 5.95 Å². The summed E-state index contributed by atoms with van der Waals surface area (Å²) >= 11 is 0. The molecule has 3 atom stereocenters. The summed E-state index contributed by atoms with van der Waals surface area (Å²) in [7, 11) is 0. The first-order valence-corrected chi connectivity index (χ1v) is 7.36. The van der Waals surface area contributed by atoms with Gasteiger partial charge < -0.3 is 25.4 Å². The maximum Gasteiger partial charge on any atom is 0.305 e. The highest BCUT2D eigenvalue weighted by atomic mass is 16.5. The van der Waals surface area contributed by atoms with Crippen LogP contribution >= 0.6 is 0 Å². The van der Waals surface area contributed by atoms with E-state index >= 15 is 0 Å². The average molecular weight is 339 g/mol. The van der Waals surface area contributed by atoms with Gasteiger partial charge in [-0.1, -0.05) is 0 Å². The number of aromatic nitrogens is 4. The Labute approximate surface area is 134 Å². The second-order valence-corrected chi connectivity index (χ2v) is 5.42. The Balaban J connectivity index is 1.88. The van der Waals surface area contributed by atoms with Crippen LogP contribution in [0.3, 0.4) is 0 Å². The Kier molecular flexibility index (Phi) is 4.46. The van der Waals surface area contributed by atoms with Gasteiger partial charge in [0.25, 0.3) is 5.56 Å². The van der Waals surface area contributed by atoms with Crippen molar-refractivity contribution in [2.45, 2.75) is 31.3 Å². The van der Waals surface area contributed by atoms with Gasteiger partial charge in [-0.15, -0.1) is 0 Å². The van der Waals surface area contributed by atoms with Crippen LogP contribution in [0.5, 0.6) is 0 Å². The Hall–Kier alpha value is -2.50. The highest BCUT2D eigenvalue weighted by Crippen LogP contribution is 2.30. The Morgan fingerprint density at radius 2 is 2.33 bits per heavy atom. The molecule has 3 rings (SSSR count). The molecule has 11 heteroatoms. The number of aliphatic hydroxyl groups excluding tert-OH is 2. The standard InChI is InChI=1S/C13H17N5O6/c19-4-7-6(20)3-8(24-7)18-5-15-10-11(18)16-13(17-12(10)23)14-2-1-9(21)22/h5-8,19-20H,1-4H2,(H,21,22)(H2,14,16,17,23). The van der Waals surface area contributed by atoms with Crippen molar-refractivity contribution in [1.29, 1.82) is 0 Å². The number of fused-ring (bicyclic) bond motifs is 1. The van der Waals surface area contributed by atoms with Crippen LogP contribution in [-0.4, -0.2) is 66.2 Å².